The molecule has 0 heterocycles. The molecular formula is C10H12N2O4. The minimum atomic E-state index is -2.49. The maximum Gasteiger partial charge on any atom is 0.341 e. The fourth-order valence-electron chi connectivity index (χ4n) is 1.09. The number of rotatable bonds is 4. The van der Waals surface area contributed by atoms with E-state index in [-0.39, 0.29) is 5.56 Å². The van der Waals surface area contributed by atoms with E-state index in [1.807, 2.05) is 0 Å². The van der Waals surface area contributed by atoms with Crippen molar-refractivity contribution in [2.45, 2.75) is 11.8 Å². The molecule has 6 N–H and O–H groups in total. The van der Waals surface area contributed by atoms with Crippen LogP contribution in [0.3, 0.4) is 0 Å². The summed E-state index contributed by atoms with van der Waals surface area (Å²) in [7, 11) is 0. The number of hydrogen-bond acceptors (Lipinski definition) is 5. The van der Waals surface area contributed by atoms with E-state index in [1.165, 1.54) is 12.1 Å². The quantitative estimate of drug-likeness (QED) is 0.381. The number of aliphatic hydroxyl groups is 1. The van der Waals surface area contributed by atoms with Gasteiger partial charge in [0.05, 0.1) is 0 Å². The first kappa shape index (κ1) is 12.3. The van der Waals surface area contributed by atoms with Crippen LogP contribution in [0.5, 0.6) is 0 Å². The van der Waals surface area contributed by atoms with E-state index in [1.54, 1.807) is 18.2 Å². The zero-order valence-electron chi connectivity index (χ0n) is 8.33. The van der Waals surface area contributed by atoms with Crippen molar-refractivity contribution in [2.75, 3.05) is 0 Å². The third kappa shape index (κ3) is 2.25. The molecule has 0 radical (unpaired) electrons. The van der Waals surface area contributed by atoms with E-state index < -0.39 is 23.5 Å². The zero-order chi connectivity index (χ0) is 12.3. The smallest absolute Gasteiger partial charge is 0.341 e. The summed E-state index contributed by atoms with van der Waals surface area (Å²) in [6, 6.07) is 7.70. The number of Topliss-reactive ketones (excluding diaryl/α,β-unsaturated/α-hetero) is 1. The minimum absolute atomic E-state index is 0.150. The van der Waals surface area contributed by atoms with Gasteiger partial charge < -0.3 is 21.7 Å². The van der Waals surface area contributed by atoms with Crippen LogP contribution >= 0.6 is 0 Å². The molecule has 0 saturated carbocycles. The third-order valence-electron chi connectivity index (χ3n) is 2.13. The van der Waals surface area contributed by atoms with Crippen LogP contribution < -0.4 is 11.5 Å². The number of carboxylic acids is 1. The molecule has 86 valence electrons. The van der Waals surface area contributed by atoms with Gasteiger partial charge in [0.2, 0.25) is 0 Å². The number of aliphatic hydroxyl groups excluding tert-OH is 1. The van der Waals surface area contributed by atoms with Crippen molar-refractivity contribution in [3.63, 3.8) is 0 Å². The predicted molar refractivity (Wildman–Crippen MR) is 55.5 cm³/mol. The molecule has 0 aliphatic rings. The molecule has 6 nitrogen and oxygen atoms in total. The summed E-state index contributed by atoms with van der Waals surface area (Å²) in [5.74, 6) is -2.47. The summed E-state index contributed by atoms with van der Waals surface area (Å²) in [5, 5.41) is 18.1. The number of ketones is 1. The Morgan fingerprint density at radius 1 is 1.19 bits per heavy atom. The van der Waals surface area contributed by atoms with Gasteiger partial charge in [0.1, 0.15) is 0 Å². The summed E-state index contributed by atoms with van der Waals surface area (Å²) in [6.45, 7) is 0. The normalized spacial score (nSPS) is 13.2. The summed E-state index contributed by atoms with van der Waals surface area (Å²) >= 11 is 0. The second-order valence-electron chi connectivity index (χ2n) is 3.37. The van der Waals surface area contributed by atoms with Gasteiger partial charge in [-0.3, -0.25) is 4.79 Å². The predicted octanol–water partition coefficient (Wildman–Crippen LogP) is -1.07. The van der Waals surface area contributed by atoms with E-state index in [0.29, 0.717) is 0 Å². The lowest BCUT2D eigenvalue weighted by Gasteiger charge is -2.24. The molecule has 1 aromatic rings. The van der Waals surface area contributed by atoms with Crippen LogP contribution in [0.25, 0.3) is 0 Å². The molecule has 1 atom stereocenters. The van der Waals surface area contributed by atoms with E-state index in [2.05, 4.69) is 0 Å². The first-order valence-electron chi connectivity index (χ1n) is 4.46. The topological polar surface area (TPSA) is 127 Å². The molecule has 6 heteroatoms. The zero-order valence-corrected chi connectivity index (χ0v) is 8.33. The average molecular weight is 224 g/mol. The van der Waals surface area contributed by atoms with Crippen molar-refractivity contribution < 1.29 is 19.8 Å². The monoisotopic (exact) mass is 224 g/mol. The van der Waals surface area contributed by atoms with E-state index in [0.717, 1.165) is 0 Å². The van der Waals surface area contributed by atoms with Gasteiger partial charge in [0.15, 0.2) is 17.6 Å². The molecule has 0 saturated heterocycles. The van der Waals surface area contributed by atoms with Crippen LogP contribution in [0.2, 0.25) is 0 Å². The van der Waals surface area contributed by atoms with Gasteiger partial charge >= 0.3 is 5.97 Å². The van der Waals surface area contributed by atoms with Crippen LogP contribution in [0, 0.1) is 0 Å². The molecule has 1 rings (SSSR count). The highest BCUT2D eigenvalue weighted by Gasteiger charge is 2.42. The SMILES string of the molecule is NC(N)(C(=O)O)C(O)C(=O)c1ccccc1. The molecule has 1 aromatic carbocycles. The van der Waals surface area contributed by atoms with Crippen LogP contribution in [0.15, 0.2) is 30.3 Å². The number of hydrogen-bond donors (Lipinski definition) is 4. The van der Waals surface area contributed by atoms with E-state index in [9.17, 15) is 14.7 Å². The number of benzene rings is 1. The lowest BCUT2D eigenvalue weighted by Crippen LogP contribution is -2.66. The molecule has 0 aliphatic carbocycles. The first-order chi connectivity index (χ1) is 7.37. The highest BCUT2D eigenvalue weighted by Crippen LogP contribution is 2.09. The lowest BCUT2D eigenvalue weighted by molar-refractivity contribution is -0.146. The lowest BCUT2D eigenvalue weighted by atomic mass is 9.96. The van der Waals surface area contributed by atoms with Crippen LogP contribution in [0.1, 0.15) is 10.4 Å². The molecule has 0 aromatic heterocycles. The third-order valence-corrected chi connectivity index (χ3v) is 2.13. The number of carbonyl (C=O) groups is 2. The fraction of sp³-hybridized carbons (Fsp3) is 0.200. The van der Waals surface area contributed by atoms with Crippen molar-refractivity contribution in [3.05, 3.63) is 35.9 Å². The maximum atomic E-state index is 11.6. The fourth-order valence-corrected chi connectivity index (χ4v) is 1.09. The van der Waals surface area contributed by atoms with Crippen molar-refractivity contribution in [3.8, 4) is 0 Å². The van der Waals surface area contributed by atoms with Gasteiger partial charge in [-0.15, -0.1) is 0 Å². The van der Waals surface area contributed by atoms with Crippen LogP contribution in [-0.4, -0.2) is 33.7 Å². The second kappa shape index (κ2) is 4.40. The van der Waals surface area contributed by atoms with E-state index >= 15 is 0 Å². The Morgan fingerprint density at radius 3 is 2.12 bits per heavy atom. The largest absolute Gasteiger partial charge is 0.479 e. The summed E-state index contributed by atoms with van der Waals surface area (Å²) < 4.78 is 0. The molecule has 0 spiro atoms. The summed E-state index contributed by atoms with van der Waals surface area (Å²) in [5.41, 5.74) is 7.95. The number of aliphatic carboxylic acids is 1. The molecule has 0 fully saturated rings. The minimum Gasteiger partial charge on any atom is -0.479 e. The van der Waals surface area contributed by atoms with Crippen molar-refractivity contribution in [2.24, 2.45) is 11.5 Å². The van der Waals surface area contributed by atoms with E-state index in [4.69, 9.17) is 16.6 Å². The standard InChI is InChI=1S/C10H12N2O4/c11-10(12,9(15)16)8(14)7(13)6-4-2-1-3-5-6/h1-5,8,14H,11-12H2,(H,15,16). The summed E-state index contributed by atoms with van der Waals surface area (Å²) in [4.78, 5) is 22.3. The molecule has 0 aliphatic heterocycles. The molecule has 0 amide bonds. The molecular weight excluding hydrogens is 212 g/mol. The molecule has 16 heavy (non-hydrogen) atoms. The Balaban J connectivity index is 2.96. The molecule has 1 unspecified atom stereocenters. The molecule has 0 bridgehead atoms. The Bertz CT molecular complexity index is 403. The Kier molecular flexibility index (Phi) is 3.38. The van der Waals surface area contributed by atoms with Crippen molar-refractivity contribution in [1.82, 2.24) is 0 Å². The number of carbonyl (C=O) groups excluding carboxylic acids is 1. The second-order valence-corrected chi connectivity index (χ2v) is 3.37. The Morgan fingerprint density at radius 2 is 1.69 bits per heavy atom. The van der Waals surface area contributed by atoms with Crippen molar-refractivity contribution >= 4 is 11.8 Å². The van der Waals surface area contributed by atoms with Crippen molar-refractivity contribution in [1.29, 1.82) is 0 Å². The highest BCUT2D eigenvalue weighted by molar-refractivity contribution is 6.03. The van der Waals surface area contributed by atoms with Gasteiger partial charge in [0.25, 0.3) is 0 Å². The van der Waals surface area contributed by atoms with Gasteiger partial charge in [0, 0.05) is 5.56 Å². The van der Waals surface area contributed by atoms with Crippen LogP contribution in [0.4, 0.5) is 0 Å². The summed E-state index contributed by atoms with van der Waals surface area (Å²) in [6.07, 6.45) is -1.99. The first-order valence-corrected chi connectivity index (χ1v) is 4.46. The maximum absolute atomic E-state index is 11.6. The Hall–Kier alpha value is -1.76. The van der Waals surface area contributed by atoms with Gasteiger partial charge in [-0.2, -0.15) is 0 Å². The van der Waals surface area contributed by atoms with Gasteiger partial charge in [-0.1, -0.05) is 30.3 Å². The number of carboxylic acid groups (broad SMARTS) is 1. The highest BCUT2D eigenvalue weighted by atomic mass is 16.4. The van der Waals surface area contributed by atoms with Crippen LogP contribution in [-0.2, 0) is 4.79 Å². The average Bonchev–Trinajstić information content (AvgIpc) is 2.28. The van der Waals surface area contributed by atoms with Gasteiger partial charge in [-0.05, 0) is 0 Å². The van der Waals surface area contributed by atoms with Gasteiger partial charge in [-0.25, -0.2) is 4.79 Å². The number of nitrogens with two attached hydrogens (primary N) is 2. The Labute approximate surface area is 91.5 Å².